The van der Waals surface area contributed by atoms with Crippen LogP contribution >= 0.6 is 21.6 Å². The van der Waals surface area contributed by atoms with Gasteiger partial charge in [0.25, 0.3) is 0 Å². The molecule has 13 atom stereocenters. The van der Waals surface area contributed by atoms with Crippen LogP contribution in [0.3, 0.4) is 0 Å². The minimum atomic E-state index is -1.91. The number of carboxylic acids is 1. The Kier molecular flexibility index (Phi) is 33.0. The zero-order chi connectivity index (χ0) is 77.0. The largest absolute Gasteiger partial charge is 0.480 e. The van der Waals surface area contributed by atoms with E-state index in [0.717, 1.165) is 46.0 Å². The molecule has 1 aliphatic heterocycles. The number of aliphatic hydroxyl groups excluding tert-OH is 3. The van der Waals surface area contributed by atoms with Crippen LogP contribution in [0.2, 0.25) is 0 Å². The summed E-state index contributed by atoms with van der Waals surface area (Å²) < 4.78 is 0. The van der Waals surface area contributed by atoms with Crippen LogP contribution in [0.1, 0.15) is 80.3 Å². The third-order valence-electron chi connectivity index (χ3n) is 17.8. The number of aromatic amines is 1. The van der Waals surface area contributed by atoms with Crippen LogP contribution in [0.25, 0.3) is 10.9 Å². The molecule has 0 radical (unpaired) electrons. The molecule has 29 nitrogen and oxygen atoms in total. The monoisotopic (exact) mass is 1500 g/mol. The number of para-hydroxylation sites is 1. The van der Waals surface area contributed by atoms with Crippen molar-refractivity contribution in [1.29, 1.82) is 0 Å². The summed E-state index contributed by atoms with van der Waals surface area (Å²) in [5, 5.41) is 71.4. The molecule has 106 heavy (non-hydrogen) atoms. The van der Waals surface area contributed by atoms with Gasteiger partial charge in [0.1, 0.15) is 60.4 Å². The van der Waals surface area contributed by atoms with E-state index in [-0.39, 0.29) is 62.6 Å². The van der Waals surface area contributed by atoms with Crippen molar-refractivity contribution in [2.45, 2.75) is 170 Å². The molecule has 19 N–H and O–H groups in total. The molecule has 1 fully saturated rings. The Hall–Kier alpha value is -9.73. The molecule has 1 aromatic heterocycles. The van der Waals surface area contributed by atoms with Crippen LogP contribution in [-0.4, -0.2) is 212 Å². The number of amides is 10. The number of nitrogens with one attached hydrogen (secondary N) is 11. The number of aromatic nitrogens is 1. The van der Waals surface area contributed by atoms with Crippen molar-refractivity contribution in [1.82, 2.24) is 63.1 Å². The van der Waals surface area contributed by atoms with Crippen LogP contribution in [-0.2, 0) is 91.4 Å². The fourth-order valence-corrected chi connectivity index (χ4v) is 14.1. The summed E-state index contributed by atoms with van der Waals surface area (Å²) in [4.78, 5) is 164. The summed E-state index contributed by atoms with van der Waals surface area (Å²) in [6.07, 6.45) is -2.02. The van der Waals surface area contributed by atoms with Crippen LogP contribution < -0.4 is 64.6 Å². The van der Waals surface area contributed by atoms with Crippen molar-refractivity contribution in [3.8, 4) is 0 Å². The van der Waals surface area contributed by atoms with Crippen molar-refractivity contribution in [3.05, 3.63) is 179 Å². The van der Waals surface area contributed by atoms with Gasteiger partial charge in [-0.2, -0.15) is 0 Å². The number of hydrogen-bond acceptors (Lipinski definition) is 19. The Morgan fingerprint density at radius 2 is 0.877 bits per heavy atom. The van der Waals surface area contributed by atoms with Gasteiger partial charge >= 0.3 is 5.97 Å². The number of nitrogens with zero attached hydrogens (tertiary/aromatic N) is 1. The lowest BCUT2D eigenvalue weighted by Gasteiger charge is -2.30. The summed E-state index contributed by atoms with van der Waals surface area (Å²) >= 11 is 0. The van der Waals surface area contributed by atoms with Crippen molar-refractivity contribution in [2.24, 2.45) is 11.5 Å². The summed E-state index contributed by atoms with van der Waals surface area (Å²) in [5.74, 6) is -11.8. The van der Waals surface area contributed by atoms with Gasteiger partial charge in [0, 0.05) is 80.3 Å². The molecule has 570 valence electrons. The van der Waals surface area contributed by atoms with Gasteiger partial charge in [-0.25, -0.2) is 4.79 Å². The van der Waals surface area contributed by atoms with E-state index in [1.54, 1.807) is 121 Å². The number of rotatable bonds is 21. The number of nitrogens with two attached hydrogens (primary N) is 2. The maximum atomic E-state index is 15.5. The molecule has 2 heterocycles. The maximum Gasteiger partial charge on any atom is 0.327 e. The Bertz CT molecular complexity index is 3920. The van der Waals surface area contributed by atoms with E-state index in [2.05, 4.69) is 58.2 Å². The van der Waals surface area contributed by atoms with E-state index in [1.165, 1.54) is 6.92 Å². The van der Waals surface area contributed by atoms with E-state index < -0.39 is 150 Å². The average molecular weight is 1500 g/mol. The molecule has 0 unspecified atom stereocenters. The number of carbonyl (C=O) groups excluding carboxylic acids is 10. The summed E-state index contributed by atoms with van der Waals surface area (Å²) in [5.41, 5.74) is 16.6. The fraction of sp³-hybridized carbons (Fsp3) is 0.427. The quantitative estimate of drug-likeness (QED) is 0.0335. The highest BCUT2D eigenvalue weighted by atomic mass is 33.1. The van der Waals surface area contributed by atoms with Gasteiger partial charge in [0.15, 0.2) is 0 Å². The van der Waals surface area contributed by atoms with Crippen molar-refractivity contribution in [2.75, 3.05) is 31.7 Å². The van der Waals surface area contributed by atoms with E-state index >= 15 is 19.2 Å². The van der Waals surface area contributed by atoms with Crippen molar-refractivity contribution in [3.63, 3.8) is 0 Å². The standard InChI is InChI=1S/C75H98N14O15S2/c1-43(2)78-38-50-30-28-49(29-31-50)36-58-70(98)87-63(44(3)91)72(100)85-59(35-48-23-13-8-14-24-48)71(99)88-64(45(4)92)73(101)86-61(40-90)74(102)89(5)62(75(103)104)42-106-105-41-53(77)65(93)80-55(27-17-18-32-76)66(94)81-56(33-46-19-9-6-10-20-46)67(95)82-57(34-47-21-11-7-12-22-47)68(96)84-60(69(97)83-58)37-51-39-79-54-26-16-15-25-52(51)54/h6-16,19-26,28-31,39,43-45,53,55-64,78-79,90-92H,17-18,27,32-38,40-42,76-77H2,1-5H3,(H,80,93)(H,81,94)(H,82,95)(H,83,97)(H,84,96)(H,85,100)(H,86,101)(H,87,98)(H,88,99)(H,103,104)/t44-,45-,53+,55+,56+,57+,58+,59+,60-,61+,62+,63+,64+/m1/s1. The number of fused-ring (bicyclic) bond motifs is 1. The number of unbranched alkanes of at least 4 members (excludes halogenated alkanes) is 1. The molecule has 0 bridgehead atoms. The molecule has 0 aliphatic carbocycles. The van der Waals surface area contributed by atoms with Gasteiger partial charge in [-0.3, -0.25) is 47.9 Å². The normalized spacial score (nSPS) is 23.8. The highest BCUT2D eigenvalue weighted by molar-refractivity contribution is 8.76. The predicted molar refractivity (Wildman–Crippen MR) is 402 cm³/mol. The van der Waals surface area contributed by atoms with Gasteiger partial charge in [-0.1, -0.05) is 169 Å². The molecule has 10 amide bonds. The van der Waals surface area contributed by atoms with Gasteiger partial charge in [0.2, 0.25) is 59.1 Å². The molecule has 5 aromatic carbocycles. The van der Waals surface area contributed by atoms with Crippen molar-refractivity contribution < 1.29 is 73.2 Å². The van der Waals surface area contributed by atoms with Crippen LogP contribution in [0.4, 0.5) is 0 Å². The summed E-state index contributed by atoms with van der Waals surface area (Å²) in [7, 11) is 2.99. The lowest BCUT2D eigenvalue weighted by molar-refractivity contribution is -0.149. The molecule has 0 saturated carbocycles. The van der Waals surface area contributed by atoms with Gasteiger partial charge in [-0.15, -0.1) is 0 Å². The van der Waals surface area contributed by atoms with E-state index in [4.69, 9.17) is 11.5 Å². The first-order chi connectivity index (χ1) is 50.7. The number of H-pyrrole nitrogens is 1. The van der Waals surface area contributed by atoms with E-state index in [0.29, 0.717) is 58.1 Å². The number of aliphatic carboxylic acids is 1. The lowest BCUT2D eigenvalue weighted by Crippen LogP contribution is -2.63. The third kappa shape index (κ3) is 25.5. The smallest absolute Gasteiger partial charge is 0.327 e. The number of carbonyl (C=O) groups is 11. The van der Waals surface area contributed by atoms with Gasteiger partial charge in [0.05, 0.1) is 24.9 Å². The average Bonchev–Trinajstić information content (AvgIpc) is 1.54. The number of aliphatic hydroxyl groups is 3. The molecule has 1 saturated heterocycles. The Morgan fingerprint density at radius 3 is 1.32 bits per heavy atom. The number of carboxylic acid groups (broad SMARTS) is 1. The highest BCUT2D eigenvalue weighted by Crippen LogP contribution is 2.25. The number of likely N-dealkylation sites (N-methyl/N-ethyl adjacent to an activating group) is 1. The second-order valence-corrected chi connectivity index (χ2v) is 29.1. The predicted octanol–water partition coefficient (Wildman–Crippen LogP) is 0.0592. The Labute approximate surface area is 623 Å². The first-order valence-electron chi connectivity index (χ1n) is 35.1. The zero-order valence-corrected chi connectivity index (χ0v) is 61.5. The van der Waals surface area contributed by atoms with Gasteiger partial charge in [-0.05, 0) is 79.1 Å². The molecule has 7 rings (SSSR count). The SMILES string of the molecule is CC(C)NCc1ccc(C[C@@H]2NC(=O)[C@@H](Cc3c[nH]c4ccccc34)NC(=O)[C@H](Cc3ccccc3)NC(=O)[C@H](Cc3ccccc3)NC(=O)[C@H](CCCCN)NC(=O)[C@@H](N)CSSC[C@@H](C(=O)O)N(C)C(=O)[C@H](CO)NC(=O)[C@H]([C@@H](C)O)NC(=O)[C@H](Cc3ccccc3)NC(=O)[C@H]([C@@H](C)O)NC2=O)cc1. The summed E-state index contributed by atoms with van der Waals surface area (Å²) in [6.45, 7) is 5.94. The van der Waals surface area contributed by atoms with Crippen LogP contribution in [0.15, 0.2) is 146 Å². The van der Waals surface area contributed by atoms with E-state index in [9.17, 15) is 54.0 Å². The highest BCUT2D eigenvalue weighted by Gasteiger charge is 2.40. The van der Waals surface area contributed by atoms with Gasteiger partial charge < -0.3 is 94.9 Å². The van der Waals surface area contributed by atoms with Crippen molar-refractivity contribution >= 4 is 97.5 Å². The topological polar surface area (TPSA) is 460 Å². The second kappa shape index (κ2) is 41.8. The van der Waals surface area contributed by atoms with Crippen LogP contribution in [0, 0.1) is 0 Å². The zero-order valence-electron chi connectivity index (χ0n) is 59.8. The lowest BCUT2D eigenvalue weighted by atomic mass is 9.99. The minimum Gasteiger partial charge on any atom is -0.480 e. The molecule has 1 aliphatic rings. The molecule has 0 spiro atoms. The number of hydrogen-bond donors (Lipinski definition) is 17. The number of benzene rings is 5. The fourth-order valence-electron chi connectivity index (χ4n) is 11.7. The molecular formula is C75H98N14O15S2. The first-order valence-corrected chi connectivity index (χ1v) is 37.6. The molecular weight excluding hydrogens is 1400 g/mol. The minimum absolute atomic E-state index is 0.0306. The summed E-state index contributed by atoms with van der Waals surface area (Å²) in [6, 6.07) is 22.5. The second-order valence-electron chi connectivity index (χ2n) is 26.5. The van der Waals surface area contributed by atoms with E-state index in [1.807, 2.05) is 38.1 Å². The molecule has 31 heteroatoms. The Balaban J connectivity index is 1.32. The first kappa shape index (κ1) is 83.5. The maximum absolute atomic E-state index is 15.5. The van der Waals surface area contributed by atoms with Crippen LogP contribution in [0.5, 0.6) is 0 Å². The third-order valence-corrected chi connectivity index (χ3v) is 20.2. The molecule has 6 aromatic rings. The Morgan fingerprint density at radius 1 is 0.491 bits per heavy atom.